The van der Waals surface area contributed by atoms with Crippen LogP contribution in [0.3, 0.4) is 0 Å². The number of H-pyrrole nitrogens is 1. The molecule has 0 spiro atoms. The molecule has 5 rings (SSSR count). The molecule has 1 aromatic heterocycles. The van der Waals surface area contributed by atoms with E-state index >= 15 is 0 Å². The summed E-state index contributed by atoms with van der Waals surface area (Å²) >= 11 is 0. The highest BCUT2D eigenvalue weighted by atomic mass is 14.9. The van der Waals surface area contributed by atoms with Gasteiger partial charge in [0, 0.05) is 12.1 Å². The van der Waals surface area contributed by atoms with E-state index in [0.717, 1.165) is 45.7 Å². The molecule has 6 heteroatoms. The SMILES string of the molecule is C=Nc1ccc(-c2ccc(N)c(N=Cc3cccc(C(C)(C)C)c3)c2)cc1N.CCc1ccc2nc(C(C)C)[nH]c2c1. The first-order valence-electron chi connectivity index (χ1n) is 14.4. The third-order valence-corrected chi connectivity index (χ3v) is 7.19. The van der Waals surface area contributed by atoms with Gasteiger partial charge in [-0.25, -0.2) is 4.98 Å². The van der Waals surface area contributed by atoms with Crippen molar-refractivity contribution >= 4 is 46.7 Å². The number of aryl methyl sites for hydroxylation is 1. The summed E-state index contributed by atoms with van der Waals surface area (Å²) in [6, 6.07) is 26.3. The van der Waals surface area contributed by atoms with Gasteiger partial charge in [-0.05, 0) is 88.8 Å². The maximum atomic E-state index is 6.14. The van der Waals surface area contributed by atoms with Crippen molar-refractivity contribution in [2.24, 2.45) is 9.98 Å². The summed E-state index contributed by atoms with van der Waals surface area (Å²) in [5.41, 5.74) is 22.8. The average Bonchev–Trinajstić information content (AvgIpc) is 3.41. The molecule has 0 fully saturated rings. The summed E-state index contributed by atoms with van der Waals surface area (Å²) in [5, 5.41) is 0. The van der Waals surface area contributed by atoms with Crippen molar-refractivity contribution < 1.29 is 0 Å². The number of nitrogens with two attached hydrogens (primary N) is 2. The number of aliphatic imine (C=N–C) groups is 2. The van der Waals surface area contributed by atoms with Crippen LogP contribution in [0.25, 0.3) is 22.2 Å². The zero-order valence-electron chi connectivity index (χ0n) is 25.6. The third kappa shape index (κ3) is 7.32. The number of nitrogens with zero attached hydrogens (tertiary/aromatic N) is 3. The molecule has 0 atom stereocenters. The second kappa shape index (κ2) is 12.9. The molecule has 0 aliphatic rings. The topological polar surface area (TPSA) is 105 Å². The van der Waals surface area contributed by atoms with Gasteiger partial charge in [-0.1, -0.05) is 77.9 Å². The number of nitrogens with one attached hydrogen (secondary N) is 1. The Balaban J connectivity index is 0.000000241. The quantitative estimate of drug-likeness (QED) is 0.143. The normalized spacial score (nSPS) is 11.6. The largest absolute Gasteiger partial charge is 0.397 e. The van der Waals surface area contributed by atoms with Crippen LogP contribution in [0.1, 0.15) is 70.0 Å². The number of anilines is 2. The Morgan fingerprint density at radius 3 is 2.29 bits per heavy atom. The third-order valence-electron chi connectivity index (χ3n) is 7.19. The predicted octanol–water partition coefficient (Wildman–Crippen LogP) is 9.15. The van der Waals surface area contributed by atoms with E-state index in [1.165, 1.54) is 11.1 Å². The Hall–Kier alpha value is -4.71. The molecule has 6 nitrogen and oxygen atoms in total. The minimum absolute atomic E-state index is 0.0924. The fourth-order valence-corrected chi connectivity index (χ4v) is 4.51. The Morgan fingerprint density at radius 1 is 0.881 bits per heavy atom. The minimum atomic E-state index is 0.0924. The number of aromatic nitrogens is 2. The van der Waals surface area contributed by atoms with E-state index in [1.807, 2.05) is 48.7 Å². The first-order valence-corrected chi connectivity index (χ1v) is 14.4. The molecule has 0 amide bonds. The van der Waals surface area contributed by atoms with Crippen LogP contribution in [0.15, 0.2) is 88.8 Å². The lowest BCUT2D eigenvalue weighted by Crippen LogP contribution is -2.11. The molecule has 1 heterocycles. The molecule has 216 valence electrons. The van der Waals surface area contributed by atoms with Crippen LogP contribution in [0.2, 0.25) is 0 Å². The first kappa shape index (κ1) is 30.3. The summed E-state index contributed by atoms with van der Waals surface area (Å²) in [5.74, 6) is 1.54. The van der Waals surface area contributed by atoms with Gasteiger partial charge in [-0.2, -0.15) is 0 Å². The molecule has 0 radical (unpaired) electrons. The average molecular weight is 559 g/mol. The van der Waals surface area contributed by atoms with Crippen LogP contribution in [0, 0.1) is 0 Å². The van der Waals surface area contributed by atoms with Crippen molar-refractivity contribution in [3.63, 3.8) is 0 Å². The number of benzene rings is 4. The van der Waals surface area contributed by atoms with E-state index in [-0.39, 0.29) is 5.41 Å². The predicted molar refractivity (Wildman–Crippen MR) is 182 cm³/mol. The van der Waals surface area contributed by atoms with Gasteiger partial charge < -0.3 is 16.5 Å². The van der Waals surface area contributed by atoms with Gasteiger partial charge in [0.05, 0.1) is 33.8 Å². The number of imidazole rings is 1. The van der Waals surface area contributed by atoms with E-state index < -0.39 is 0 Å². The number of aromatic amines is 1. The van der Waals surface area contributed by atoms with Crippen molar-refractivity contribution in [3.8, 4) is 11.1 Å². The molecule has 0 bridgehead atoms. The molecule has 5 aromatic rings. The van der Waals surface area contributed by atoms with E-state index in [4.69, 9.17) is 11.5 Å². The molecule has 5 N–H and O–H groups in total. The van der Waals surface area contributed by atoms with E-state index in [2.05, 4.69) is 105 Å². The Labute approximate surface area is 249 Å². The van der Waals surface area contributed by atoms with Crippen molar-refractivity contribution in [1.82, 2.24) is 9.97 Å². The molecule has 42 heavy (non-hydrogen) atoms. The fourth-order valence-electron chi connectivity index (χ4n) is 4.51. The highest BCUT2D eigenvalue weighted by Crippen LogP contribution is 2.33. The van der Waals surface area contributed by atoms with Gasteiger partial charge in [-0.3, -0.25) is 9.98 Å². The van der Waals surface area contributed by atoms with Gasteiger partial charge in [-0.15, -0.1) is 0 Å². The van der Waals surface area contributed by atoms with E-state index in [9.17, 15) is 0 Å². The molecule has 0 aliphatic heterocycles. The van der Waals surface area contributed by atoms with Crippen molar-refractivity contribution in [1.29, 1.82) is 0 Å². The van der Waals surface area contributed by atoms with E-state index in [0.29, 0.717) is 23.0 Å². The van der Waals surface area contributed by atoms with Gasteiger partial charge >= 0.3 is 0 Å². The Kier molecular flexibility index (Phi) is 9.26. The van der Waals surface area contributed by atoms with E-state index in [1.54, 1.807) is 0 Å². The zero-order valence-corrected chi connectivity index (χ0v) is 25.6. The second-order valence-corrected chi connectivity index (χ2v) is 11.8. The standard InChI is InChI=1S/C24H26N4.C12H16N2/c1-24(2,3)19-7-5-6-16(12-19)15-28-23-14-18(8-10-20(23)25)17-9-11-22(27-4)21(26)13-17;1-4-9-5-6-10-11(7-9)14-12(13-10)8(2)3/h5-15H,4,25-26H2,1-3H3;5-8H,4H2,1-3H3,(H,13,14). The monoisotopic (exact) mass is 558 g/mol. The number of fused-ring (bicyclic) bond motifs is 1. The number of nitrogen functional groups attached to an aromatic ring is 2. The summed E-state index contributed by atoms with van der Waals surface area (Å²) < 4.78 is 0. The number of hydrogen-bond acceptors (Lipinski definition) is 5. The van der Waals surface area contributed by atoms with Crippen LogP contribution in [-0.4, -0.2) is 22.9 Å². The lowest BCUT2D eigenvalue weighted by Gasteiger charge is -2.19. The van der Waals surface area contributed by atoms with Crippen LogP contribution >= 0.6 is 0 Å². The summed E-state index contributed by atoms with van der Waals surface area (Å²) in [4.78, 5) is 16.4. The zero-order chi connectivity index (χ0) is 30.4. The first-order chi connectivity index (χ1) is 20.0. The lowest BCUT2D eigenvalue weighted by atomic mass is 9.86. The molecule has 0 saturated carbocycles. The van der Waals surface area contributed by atoms with Crippen molar-refractivity contribution in [3.05, 3.63) is 101 Å². The Bertz CT molecular complexity index is 1720. The maximum absolute atomic E-state index is 6.14. The van der Waals surface area contributed by atoms with Gasteiger partial charge in [0.25, 0.3) is 0 Å². The highest BCUT2D eigenvalue weighted by Gasteiger charge is 2.13. The summed E-state index contributed by atoms with van der Waals surface area (Å²) in [6.45, 7) is 16.6. The number of rotatable bonds is 6. The van der Waals surface area contributed by atoms with Crippen LogP contribution in [0.5, 0.6) is 0 Å². The summed E-state index contributed by atoms with van der Waals surface area (Å²) in [6.07, 6.45) is 2.93. The summed E-state index contributed by atoms with van der Waals surface area (Å²) in [7, 11) is 0. The van der Waals surface area contributed by atoms with Crippen LogP contribution < -0.4 is 11.5 Å². The maximum Gasteiger partial charge on any atom is 0.109 e. The van der Waals surface area contributed by atoms with Crippen molar-refractivity contribution in [2.75, 3.05) is 11.5 Å². The minimum Gasteiger partial charge on any atom is -0.397 e. The molecule has 0 saturated heterocycles. The highest BCUT2D eigenvalue weighted by molar-refractivity contribution is 5.86. The van der Waals surface area contributed by atoms with Crippen LogP contribution in [-0.2, 0) is 11.8 Å². The molecular weight excluding hydrogens is 516 g/mol. The molecule has 0 unspecified atom stereocenters. The second-order valence-electron chi connectivity index (χ2n) is 11.8. The van der Waals surface area contributed by atoms with Gasteiger partial charge in [0.2, 0.25) is 0 Å². The molecular formula is C36H42N6. The Morgan fingerprint density at radius 2 is 1.62 bits per heavy atom. The van der Waals surface area contributed by atoms with Gasteiger partial charge in [0.15, 0.2) is 0 Å². The number of hydrogen-bond donors (Lipinski definition) is 3. The van der Waals surface area contributed by atoms with Gasteiger partial charge in [0.1, 0.15) is 5.82 Å². The van der Waals surface area contributed by atoms with Crippen LogP contribution in [0.4, 0.5) is 22.7 Å². The lowest BCUT2D eigenvalue weighted by molar-refractivity contribution is 0.590. The molecule has 4 aromatic carbocycles. The smallest absolute Gasteiger partial charge is 0.109 e. The fraction of sp³-hybridized carbons (Fsp3) is 0.250. The molecule has 0 aliphatic carbocycles. The van der Waals surface area contributed by atoms with Crippen molar-refractivity contribution in [2.45, 2.75) is 59.3 Å².